The van der Waals surface area contributed by atoms with Crippen LogP contribution in [0.25, 0.3) is 0 Å². The molecule has 1 saturated carbocycles. The summed E-state index contributed by atoms with van der Waals surface area (Å²) in [5.74, 6) is 1.84. The highest BCUT2D eigenvalue weighted by Crippen LogP contribution is 2.23. The van der Waals surface area contributed by atoms with Crippen molar-refractivity contribution in [3.63, 3.8) is 0 Å². The predicted molar refractivity (Wildman–Crippen MR) is 80.8 cm³/mol. The van der Waals surface area contributed by atoms with Gasteiger partial charge in [0.1, 0.15) is 12.4 Å². The topological polar surface area (TPSA) is 21.3 Å². The number of hydrogen-bond acceptors (Lipinski definition) is 2. The van der Waals surface area contributed by atoms with Gasteiger partial charge in [-0.3, -0.25) is 0 Å². The molecule has 0 bridgehead atoms. The first kappa shape index (κ1) is 14.4. The van der Waals surface area contributed by atoms with Gasteiger partial charge in [-0.25, -0.2) is 0 Å². The Hall–Kier alpha value is -1.02. The van der Waals surface area contributed by atoms with E-state index >= 15 is 0 Å². The lowest BCUT2D eigenvalue weighted by Crippen LogP contribution is -2.39. The largest absolute Gasteiger partial charge is 0.492 e. The summed E-state index contributed by atoms with van der Waals surface area (Å²) in [4.78, 5) is 0. The summed E-state index contributed by atoms with van der Waals surface area (Å²) >= 11 is 0. The van der Waals surface area contributed by atoms with Gasteiger partial charge in [-0.2, -0.15) is 0 Å². The summed E-state index contributed by atoms with van der Waals surface area (Å²) in [5.41, 5.74) is 2.48. The van der Waals surface area contributed by atoms with Crippen LogP contribution in [0.4, 0.5) is 0 Å². The number of rotatable bonds is 5. The Morgan fingerprint density at radius 2 is 2.00 bits per heavy atom. The van der Waals surface area contributed by atoms with Gasteiger partial charge in [0, 0.05) is 12.6 Å². The molecule has 0 saturated heterocycles. The van der Waals surface area contributed by atoms with Crippen molar-refractivity contribution < 1.29 is 4.74 Å². The third kappa shape index (κ3) is 4.24. The lowest BCUT2D eigenvalue weighted by molar-refractivity contribution is 0.250. The van der Waals surface area contributed by atoms with Crippen LogP contribution in [0.1, 0.15) is 43.7 Å². The Kier molecular flexibility index (Phi) is 5.26. The molecule has 106 valence electrons. The second-order valence-electron chi connectivity index (χ2n) is 5.94. The van der Waals surface area contributed by atoms with Crippen molar-refractivity contribution >= 4 is 0 Å². The highest BCUT2D eigenvalue weighted by atomic mass is 16.5. The maximum absolute atomic E-state index is 5.88. The van der Waals surface area contributed by atoms with Crippen LogP contribution in [-0.4, -0.2) is 19.2 Å². The van der Waals surface area contributed by atoms with Crippen LogP contribution >= 0.6 is 0 Å². The van der Waals surface area contributed by atoms with E-state index in [2.05, 4.69) is 44.3 Å². The summed E-state index contributed by atoms with van der Waals surface area (Å²) in [7, 11) is 0. The van der Waals surface area contributed by atoms with Gasteiger partial charge in [0.2, 0.25) is 0 Å². The molecule has 2 rings (SSSR count). The van der Waals surface area contributed by atoms with Crippen molar-refractivity contribution in [1.29, 1.82) is 0 Å². The Bertz CT molecular complexity index is 402. The molecule has 0 aromatic heterocycles. The first-order chi connectivity index (χ1) is 9.16. The van der Waals surface area contributed by atoms with Crippen LogP contribution in [0.3, 0.4) is 0 Å². The van der Waals surface area contributed by atoms with E-state index in [0.29, 0.717) is 6.04 Å². The molecule has 2 nitrogen and oxygen atoms in total. The fraction of sp³-hybridized carbons (Fsp3) is 0.647. The first-order valence-electron chi connectivity index (χ1n) is 7.60. The molecular weight excluding hydrogens is 234 g/mol. The van der Waals surface area contributed by atoms with Gasteiger partial charge in [0.15, 0.2) is 0 Å². The molecule has 1 fully saturated rings. The maximum Gasteiger partial charge on any atom is 0.122 e. The van der Waals surface area contributed by atoms with Gasteiger partial charge in [-0.15, -0.1) is 0 Å². The minimum absolute atomic E-state index is 0.691. The molecule has 0 amide bonds. The fourth-order valence-electron chi connectivity index (χ4n) is 2.89. The highest BCUT2D eigenvalue weighted by molar-refractivity contribution is 5.35. The standard InChI is InChI=1S/C17H27NO/c1-13-8-9-15(3)17(12-13)19-11-10-18-16-7-5-4-6-14(16)2/h8-9,12,14,16,18H,4-7,10-11H2,1-3H3. The van der Waals surface area contributed by atoms with Crippen LogP contribution in [0, 0.1) is 19.8 Å². The summed E-state index contributed by atoms with van der Waals surface area (Å²) in [5, 5.41) is 3.65. The van der Waals surface area contributed by atoms with E-state index in [4.69, 9.17) is 4.74 Å². The summed E-state index contributed by atoms with van der Waals surface area (Å²) in [6.07, 6.45) is 5.47. The van der Waals surface area contributed by atoms with Crippen molar-refractivity contribution in [1.82, 2.24) is 5.32 Å². The summed E-state index contributed by atoms with van der Waals surface area (Å²) in [6.45, 7) is 8.28. The predicted octanol–water partition coefficient (Wildman–Crippen LogP) is 3.85. The van der Waals surface area contributed by atoms with E-state index in [1.54, 1.807) is 0 Å². The lowest BCUT2D eigenvalue weighted by atomic mass is 9.86. The minimum Gasteiger partial charge on any atom is -0.492 e. The second kappa shape index (κ2) is 6.95. The molecule has 0 radical (unpaired) electrons. The zero-order valence-corrected chi connectivity index (χ0v) is 12.5. The molecule has 0 aliphatic heterocycles. The van der Waals surface area contributed by atoms with Gasteiger partial charge in [0.05, 0.1) is 0 Å². The minimum atomic E-state index is 0.691. The van der Waals surface area contributed by atoms with Crippen molar-refractivity contribution in [3.05, 3.63) is 29.3 Å². The number of benzene rings is 1. The number of nitrogens with one attached hydrogen (secondary N) is 1. The first-order valence-corrected chi connectivity index (χ1v) is 7.60. The average molecular weight is 261 g/mol. The van der Waals surface area contributed by atoms with Crippen molar-refractivity contribution in [2.24, 2.45) is 5.92 Å². The summed E-state index contributed by atoms with van der Waals surface area (Å²) in [6, 6.07) is 7.07. The third-order valence-corrected chi connectivity index (χ3v) is 4.22. The zero-order valence-electron chi connectivity index (χ0n) is 12.5. The van der Waals surface area contributed by atoms with Gasteiger partial charge in [0.25, 0.3) is 0 Å². The molecular formula is C17H27NO. The molecule has 2 atom stereocenters. The normalized spacial score (nSPS) is 23.3. The van der Waals surface area contributed by atoms with E-state index in [1.165, 1.54) is 36.8 Å². The Balaban J connectivity index is 1.73. The van der Waals surface area contributed by atoms with Crippen molar-refractivity contribution in [3.8, 4) is 5.75 Å². The van der Waals surface area contributed by atoms with Crippen LogP contribution < -0.4 is 10.1 Å². The second-order valence-corrected chi connectivity index (χ2v) is 5.94. The van der Waals surface area contributed by atoms with E-state index in [9.17, 15) is 0 Å². The average Bonchev–Trinajstić information content (AvgIpc) is 2.40. The van der Waals surface area contributed by atoms with Crippen molar-refractivity contribution in [2.75, 3.05) is 13.2 Å². The van der Waals surface area contributed by atoms with E-state index < -0.39 is 0 Å². The SMILES string of the molecule is Cc1ccc(C)c(OCCNC2CCCCC2C)c1. The van der Waals surface area contributed by atoms with Crippen LogP contribution in [0.15, 0.2) is 18.2 Å². The molecule has 1 aliphatic rings. The molecule has 1 N–H and O–H groups in total. The molecule has 1 aliphatic carbocycles. The fourth-order valence-corrected chi connectivity index (χ4v) is 2.89. The molecule has 1 aromatic carbocycles. The highest BCUT2D eigenvalue weighted by Gasteiger charge is 2.20. The smallest absolute Gasteiger partial charge is 0.122 e. The molecule has 0 spiro atoms. The number of hydrogen-bond donors (Lipinski definition) is 1. The van der Waals surface area contributed by atoms with E-state index in [1.807, 2.05) is 0 Å². The van der Waals surface area contributed by atoms with Gasteiger partial charge < -0.3 is 10.1 Å². The van der Waals surface area contributed by atoms with Crippen LogP contribution in [0.5, 0.6) is 5.75 Å². The monoisotopic (exact) mass is 261 g/mol. The molecule has 2 heteroatoms. The Morgan fingerprint density at radius 3 is 2.79 bits per heavy atom. The number of aryl methyl sites for hydroxylation is 2. The Morgan fingerprint density at radius 1 is 1.21 bits per heavy atom. The molecule has 19 heavy (non-hydrogen) atoms. The zero-order chi connectivity index (χ0) is 13.7. The van der Waals surface area contributed by atoms with E-state index in [0.717, 1.165) is 24.8 Å². The van der Waals surface area contributed by atoms with Gasteiger partial charge in [-0.1, -0.05) is 31.9 Å². The Labute approximate surface area is 117 Å². The quantitative estimate of drug-likeness (QED) is 0.813. The van der Waals surface area contributed by atoms with E-state index in [-0.39, 0.29) is 0 Å². The van der Waals surface area contributed by atoms with Crippen LogP contribution in [0.2, 0.25) is 0 Å². The van der Waals surface area contributed by atoms with Gasteiger partial charge in [-0.05, 0) is 49.8 Å². The van der Waals surface area contributed by atoms with Gasteiger partial charge >= 0.3 is 0 Å². The molecule has 0 heterocycles. The number of ether oxygens (including phenoxy) is 1. The molecule has 2 unspecified atom stereocenters. The molecule has 1 aromatic rings. The van der Waals surface area contributed by atoms with Crippen molar-refractivity contribution in [2.45, 2.75) is 52.5 Å². The van der Waals surface area contributed by atoms with Crippen LogP contribution in [-0.2, 0) is 0 Å². The summed E-state index contributed by atoms with van der Waals surface area (Å²) < 4.78 is 5.88. The lowest BCUT2D eigenvalue weighted by Gasteiger charge is -2.29. The maximum atomic E-state index is 5.88. The third-order valence-electron chi connectivity index (χ3n) is 4.22.